The van der Waals surface area contributed by atoms with Gasteiger partial charge in [0.2, 0.25) is 0 Å². The van der Waals surface area contributed by atoms with E-state index in [9.17, 15) is 5.11 Å². The number of hydrogen-bond acceptors (Lipinski definition) is 3. The smallest absolute Gasteiger partial charge is 0.0787 e. The second-order valence-electron chi connectivity index (χ2n) is 3.84. The van der Waals surface area contributed by atoms with Gasteiger partial charge < -0.3 is 15.3 Å². The van der Waals surface area contributed by atoms with E-state index in [-0.39, 0.29) is 19.3 Å². The van der Waals surface area contributed by atoms with Crippen LogP contribution in [0.4, 0.5) is 0 Å². The van der Waals surface area contributed by atoms with Gasteiger partial charge in [-0.25, -0.2) is 0 Å². The van der Waals surface area contributed by atoms with Crippen LogP contribution in [0.15, 0.2) is 30.3 Å². The third-order valence-electron chi connectivity index (χ3n) is 2.39. The van der Waals surface area contributed by atoms with E-state index in [0.717, 1.165) is 31.2 Å². The maximum atomic E-state index is 9.33. The Labute approximate surface area is 104 Å². The summed E-state index contributed by atoms with van der Waals surface area (Å²) in [4.78, 5) is 0. The maximum absolute atomic E-state index is 9.33. The summed E-state index contributed by atoms with van der Waals surface area (Å²) < 4.78 is 0. The van der Waals surface area contributed by atoms with Crippen LogP contribution in [0.2, 0.25) is 0 Å². The molecular weight excluding hydrogens is 216 g/mol. The molecule has 3 heteroatoms. The van der Waals surface area contributed by atoms with Gasteiger partial charge in [-0.1, -0.05) is 37.3 Å². The standard InChI is InChI=1S/C9H12O.C5H12O2/c1-2-9(10)8-6-4-3-5-7-8;6-4-2-1-3-5-7/h3-7,9-10H,2H2,1H3;6-7H,1-5H2. The Bertz CT molecular complexity index is 245. The minimum Gasteiger partial charge on any atom is -0.396 e. The normalized spacial score (nSPS) is 11.5. The minimum absolute atomic E-state index is 0.250. The predicted octanol–water partition coefficient (Wildman–Crippen LogP) is 2.27. The Hall–Kier alpha value is -0.900. The van der Waals surface area contributed by atoms with Crippen molar-refractivity contribution in [1.29, 1.82) is 0 Å². The molecule has 0 radical (unpaired) electrons. The molecule has 0 saturated carbocycles. The van der Waals surface area contributed by atoms with E-state index in [1.54, 1.807) is 0 Å². The number of aliphatic hydroxyl groups excluding tert-OH is 3. The zero-order valence-electron chi connectivity index (χ0n) is 10.5. The molecule has 0 heterocycles. The van der Waals surface area contributed by atoms with E-state index in [0.29, 0.717) is 0 Å². The molecule has 3 nitrogen and oxygen atoms in total. The molecule has 0 bridgehead atoms. The lowest BCUT2D eigenvalue weighted by atomic mass is 10.1. The van der Waals surface area contributed by atoms with Crippen molar-refractivity contribution in [1.82, 2.24) is 0 Å². The van der Waals surface area contributed by atoms with E-state index >= 15 is 0 Å². The Balaban J connectivity index is 0.000000325. The Kier molecular flexibility index (Phi) is 11.0. The van der Waals surface area contributed by atoms with E-state index in [1.165, 1.54) is 0 Å². The van der Waals surface area contributed by atoms with Gasteiger partial charge in [0.25, 0.3) is 0 Å². The molecule has 0 spiro atoms. The first-order valence-corrected chi connectivity index (χ1v) is 6.21. The van der Waals surface area contributed by atoms with Crippen LogP contribution in [0.5, 0.6) is 0 Å². The minimum atomic E-state index is -0.291. The first-order valence-electron chi connectivity index (χ1n) is 6.21. The molecule has 0 aliphatic rings. The molecule has 0 aromatic heterocycles. The quantitative estimate of drug-likeness (QED) is 0.668. The van der Waals surface area contributed by atoms with Crippen molar-refractivity contribution in [2.45, 2.75) is 38.7 Å². The van der Waals surface area contributed by atoms with Gasteiger partial charge in [-0.15, -0.1) is 0 Å². The SMILES string of the molecule is CCC(O)c1ccccc1.OCCCCCO. The molecule has 3 N–H and O–H groups in total. The van der Waals surface area contributed by atoms with Crippen molar-refractivity contribution in [3.05, 3.63) is 35.9 Å². The summed E-state index contributed by atoms with van der Waals surface area (Å²) in [7, 11) is 0. The number of unbranched alkanes of at least 4 members (excludes halogenated alkanes) is 2. The van der Waals surface area contributed by atoms with Gasteiger partial charge in [0, 0.05) is 13.2 Å². The molecule has 1 atom stereocenters. The molecule has 1 unspecified atom stereocenters. The summed E-state index contributed by atoms with van der Waals surface area (Å²) in [5.41, 5.74) is 1.00. The molecule has 1 aromatic carbocycles. The summed E-state index contributed by atoms with van der Waals surface area (Å²) >= 11 is 0. The van der Waals surface area contributed by atoms with Crippen LogP contribution in [0.25, 0.3) is 0 Å². The largest absolute Gasteiger partial charge is 0.396 e. The average Bonchev–Trinajstić information content (AvgIpc) is 2.40. The number of benzene rings is 1. The maximum Gasteiger partial charge on any atom is 0.0787 e. The van der Waals surface area contributed by atoms with Gasteiger partial charge in [0.05, 0.1) is 6.10 Å². The summed E-state index contributed by atoms with van der Waals surface area (Å²) in [6.45, 7) is 2.47. The topological polar surface area (TPSA) is 60.7 Å². The highest BCUT2D eigenvalue weighted by Crippen LogP contribution is 2.14. The number of hydrogen-bond donors (Lipinski definition) is 3. The Morgan fingerprint density at radius 2 is 1.47 bits per heavy atom. The third-order valence-corrected chi connectivity index (χ3v) is 2.39. The lowest BCUT2D eigenvalue weighted by Gasteiger charge is -2.05. The monoisotopic (exact) mass is 240 g/mol. The van der Waals surface area contributed by atoms with Crippen molar-refractivity contribution in [3.8, 4) is 0 Å². The highest BCUT2D eigenvalue weighted by Gasteiger charge is 2.00. The van der Waals surface area contributed by atoms with Crippen molar-refractivity contribution in [3.63, 3.8) is 0 Å². The first kappa shape index (κ1) is 16.1. The van der Waals surface area contributed by atoms with Gasteiger partial charge in [0.1, 0.15) is 0 Å². The molecule has 98 valence electrons. The zero-order valence-corrected chi connectivity index (χ0v) is 10.5. The van der Waals surface area contributed by atoms with Crippen LogP contribution >= 0.6 is 0 Å². The molecular formula is C14H24O3. The Morgan fingerprint density at radius 1 is 0.941 bits per heavy atom. The van der Waals surface area contributed by atoms with E-state index in [4.69, 9.17) is 10.2 Å². The Morgan fingerprint density at radius 3 is 1.88 bits per heavy atom. The summed E-state index contributed by atoms with van der Waals surface area (Å²) in [5.74, 6) is 0. The molecule has 0 amide bonds. The molecule has 1 aromatic rings. The van der Waals surface area contributed by atoms with Gasteiger partial charge in [-0.2, -0.15) is 0 Å². The van der Waals surface area contributed by atoms with Crippen molar-refractivity contribution in [2.24, 2.45) is 0 Å². The average molecular weight is 240 g/mol. The fourth-order valence-electron chi connectivity index (χ4n) is 1.31. The molecule has 0 aliphatic carbocycles. The predicted molar refractivity (Wildman–Crippen MR) is 69.7 cm³/mol. The number of aliphatic hydroxyl groups is 3. The number of rotatable bonds is 6. The highest BCUT2D eigenvalue weighted by atomic mass is 16.3. The lowest BCUT2D eigenvalue weighted by Crippen LogP contribution is -1.93. The lowest BCUT2D eigenvalue weighted by molar-refractivity contribution is 0.173. The van der Waals surface area contributed by atoms with Gasteiger partial charge >= 0.3 is 0 Å². The second-order valence-corrected chi connectivity index (χ2v) is 3.84. The van der Waals surface area contributed by atoms with Crippen LogP contribution in [0, 0.1) is 0 Å². The van der Waals surface area contributed by atoms with Crippen LogP contribution in [-0.4, -0.2) is 28.5 Å². The van der Waals surface area contributed by atoms with Crippen LogP contribution in [0.3, 0.4) is 0 Å². The third kappa shape index (κ3) is 8.86. The highest BCUT2D eigenvalue weighted by molar-refractivity contribution is 5.16. The molecule has 0 saturated heterocycles. The van der Waals surface area contributed by atoms with Crippen molar-refractivity contribution < 1.29 is 15.3 Å². The van der Waals surface area contributed by atoms with Crippen LogP contribution in [0.1, 0.15) is 44.3 Å². The van der Waals surface area contributed by atoms with Crippen molar-refractivity contribution >= 4 is 0 Å². The van der Waals surface area contributed by atoms with Crippen molar-refractivity contribution in [2.75, 3.05) is 13.2 Å². The summed E-state index contributed by atoms with van der Waals surface area (Å²) in [5, 5.41) is 25.8. The molecule has 0 aliphatic heterocycles. The van der Waals surface area contributed by atoms with E-state index in [2.05, 4.69) is 0 Å². The van der Waals surface area contributed by atoms with Crippen LogP contribution in [-0.2, 0) is 0 Å². The van der Waals surface area contributed by atoms with Gasteiger partial charge in [-0.05, 0) is 31.2 Å². The van der Waals surface area contributed by atoms with E-state index < -0.39 is 0 Å². The van der Waals surface area contributed by atoms with Gasteiger partial charge in [0.15, 0.2) is 0 Å². The fourth-order valence-corrected chi connectivity index (χ4v) is 1.31. The summed E-state index contributed by atoms with van der Waals surface area (Å²) in [6, 6.07) is 9.70. The summed E-state index contributed by atoms with van der Waals surface area (Å²) in [6.07, 6.45) is 3.07. The first-order chi connectivity index (χ1) is 8.26. The van der Waals surface area contributed by atoms with Crippen LogP contribution < -0.4 is 0 Å². The molecule has 1 rings (SSSR count). The molecule has 0 fully saturated rings. The zero-order chi connectivity index (χ0) is 12.9. The van der Waals surface area contributed by atoms with E-state index in [1.807, 2.05) is 37.3 Å². The second kappa shape index (κ2) is 11.6. The fraction of sp³-hybridized carbons (Fsp3) is 0.571. The van der Waals surface area contributed by atoms with Gasteiger partial charge in [-0.3, -0.25) is 0 Å². The molecule has 17 heavy (non-hydrogen) atoms.